The van der Waals surface area contributed by atoms with Crippen LogP contribution in [0.1, 0.15) is 12.8 Å². The van der Waals surface area contributed by atoms with Crippen LogP contribution in [0.25, 0.3) is 0 Å². The third-order valence-corrected chi connectivity index (χ3v) is 5.74. The van der Waals surface area contributed by atoms with Gasteiger partial charge in [-0.2, -0.15) is 9.37 Å². The predicted molar refractivity (Wildman–Crippen MR) is 117 cm³/mol. The number of fused-ring (bicyclic) bond motifs is 1. The van der Waals surface area contributed by atoms with E-state index in [-0.39, 0.29) is 17.4 Å². The van der Waals surface area contributed by atoms with Crippen LogP contribution in [0.3, 0.4) is 0 Å². The minimum atomic E-state index is -1.00. The van der Waals surface area contributed by atoms with Gasteiger partial charge in [0.1, 0.15) is 11.6 Å². The van der Waals surface area contributed by atoms with Crippen molar-refractivity contribution in [3.05, 3.63) is 75.6 Å². The smallest absolute Gasteiger partial charge is 0.307 e. The van der Waals surface area contributed by atoms with Crippen molar-refractivity contribution in [1.82, 2.24) is 14.9 Å². The minimum Gasteiger partial charge on any atom is -0.494 e. The van der Waals surface area contributed by atoms with Gasteiger partial charge in [0.05, 0.1) is 29.1 Å². The van der Waals surface area contributed by atoms with Crippen LogP contribution in [0, 0.1) is 21.8 Å². The molecule has 0 atom stereocenters. The number of methoxy groups -OCH3 is 1. The molecule has 1 fully saturated rings. The highest BCUT2D eigenvalue weighted by molar-refractivity contribution is 5.71. The van der Waals surface area contributed by atoms with Crippen molar-refractivity contribution in [1.29, 1.82) is 0 Å². The van der Waals surface area contributed by atoms with Gasteiger partial charge >= 0.3 is 5.69 Å². The van der Waals surface area contributed by atoms with Crippen molar-refractivity contribution in [3.63, 3.8) is 0 Å². The molecular formula is C22H19FN6O4. The van der Waals surface area contributed by atoms with Crippen LogP contribution in [0.2, 0.25) is 0 Å². The molecule has 0 spiro atoms. The number of nitrogens with one attached hydrogen (secondary N) is 1. The first-order valence-electron chi connectivity index (χ1n) is 10.2. The first-order chi connectivity index (χ1) is 16.0. The number of hydrogen-bond acceptors (Lipinski definition) is 8. The molecule has 0 saturated heterocycles. The molecule has 11 heteroatoms. The van der Waals surface area contributed by atoms with Gasteiger partial charge in [0.15, 0.2) is 0 Å². The Kier molecular flexibility index (Phi) is 5.00. The van der Waals surface area contributed by atoms with E-state index in [0.29, 0.717) is 18.3 Å². The Hall–Kier alpha value is -4.28. The first kappa shape index (κ1) is 20.6. The van der Waals surface area contributed by atoms with Crippen LogP contribution >= 0.6 is 0 Å². The first-order valence-corrected chi connectivity index (χ1v) is 10.2. The maximum absolute atomic E-state index is 14.0. The summed E-state index contributed by atoms with van der Waals surface area (Å²) in [7, 11) is 1.34. The Morgan fingerprint density at radius 3 is 2.88 bits per heavy atom. The zero-order valence-corrected chi connectivity index (χ0v) is 17.6. The number of nitro groups is 1. The minimum absolute atomic E-state index is 0.0787. The van der Waals surface area contributed by atoms with E-state index >= 15 is 0 Å². The van der Waals surface area contributed by atoms with Gasteiger partial charge in [-0.1, -0.05) is 0 Å². The van der Waals surface area contributed by atoms with E-state index < -0.39 is 16.4 Å². The van der Waals surface area contributed by atoms with Gasteiger partial charge in [-0.05, 0) is 42.6 Å². The summed E-state index contributed by atoms with van der Waals surface area (Å²) in [4.78, 5) is 34.3. The van der Waals surface area contributed by atoms with Crippen molar-refractivity contribution in [2.45, 2.75) is 12.8 Å². The van der Waals surface area contributed by atoms with E-state index in [2.05, 4.69) is 15.3 Å². The van der Waals surface area contributed by atoms with Crippen LogP contribution in [-0.4, -0.2) is 39.9 Å². The van der Waals surface area contributed by atoms with Gasteiger partial charge < -0.3 is 15.0 Å². The zero-order chi connectivity index (χ0) is 23.1. The molecule has 168 valence electrons. The number of aromatic nitrogens is 2. The molecule has 1 saturated carbocycles. The zero-order valence-electron chi connectivity index (χ0n) is 17.6. The Bertz CT molecular complexity index is 1250. The third-order valence-electron chi connectivity index (χ3n) is 5.74. The standard InChI is InChI=1S/C22H19FN6O4/c1-33-19-9-15(23)18(29(31)32)10-16(19)25-22-24-7-6-20(26-22)28-11-14(13-4-5-13)21-17(28)3-2-8-27(21)12-30/h2-3,6-10,12-13H,4-5,11H2,1H3,(H,24,25,26). The highest BCUT2D eigenvalue weighted by Crippen LogP contribution is 2.46. The Balaban J connectivity index is 1.47. The molecule has 2 aromatic rings. The van der Waals surface area contributed by atoms with Crippen LogP contribution < -0.4 is 15.0 Å². The number of benzene rings is 1. The van der Waals surface area contributed by atoms with Crippen LogP contribution in [0.4, 0.5) is 27.5 Å². The number of hydrogen-bond donors (Lipinski definition) is 1. The SMILES string of the molecule is COc1cc(F)c([N+](=O)[O-])cc1Nc1nccc(N2CC(C3CC3)=C3C2=CC=CN3C=O)n1. The van der Waals surface area contributed by atoms with Crippen molar-refractivity contribution in [2.24, 2.45) is 5.92 Å². The van der Waals surface area contributed by atoms with E-state index in [9.17, 15) is 19.3 Å². The summed E-state index contributed by atoms with van der Waals surface area (Å²) in [5, 5.41) is 14.0. The second-order valence-electron chi connectivity index (χ2n) is 7.76. The lowest BCUT2D eigenvalue weighted by molar-refractivity contribution is -0.387. The van der Waals surface area contributed by atoms with Crippen molar-refractivity contribution < 1.29 is 18.8 Å². The molecule has 2 aliphatic heterocycles. The Labute approximate surface area is 187 Å². The van der Waals surface area contributed by atoms with Crippen LogP contribution in [0.5, 0.6) is 5.75 Å². The lowest BCUT2D eigenvalue weighted by Crippen LogP contribution is -2.25. The van der Waals surface area contributed by atoms with E-state index in [1.807, 2.05) is 11.0 Å². The summed E-state index contributed by atoms with van der Waals surface area (Å²) in [6.45, 7) is 0.597. The molecule has 1 N–H and O–H groups in total. The number of anilines is 3. The normalized spacial score (nSPS) is 17.1. The summed E-state index contributed by atoms with van der Waals surface area (Å²) in [6, 6.07) is 3.73. The van der Waals surface area contributed by atoms with Gasteiger partial charge in [-0.15, -0.1) is 0 Å². The number of carbonyl (C=O) groups is 1. The molecule has 1 amide bonds. The molecule has 1 aromatic carbocycles. The largest absolute Gasteiger partial charge is 0.494 e. The number of ether oxygens (including phenoxy) is 1. The van der Waals surface area contributed by atoms with E-state index in [1.165, 1.54) is 12.7 Å². The summed E-state index contributed by atoms with van der Waals surface area (Å²) in [6.07, 6.45) is 10.0. The second kappa shape index (κ2) is 8.01. The monoisotopic (exact) mass is 450 g/mol. The predicted octanol–water partition coefficient (Wildman–Crippen LogP) is 3.63. The summed E-state index contributed by atoms with van der Waals surface area (Å²) >= 11 is 0. The lowest BCUT2D eigenvalue weighted by atomic mass is 10.1. The fraction of sp³-hybridized carbons (Fsp3) is 0.227. The molecular weight excluding hydrogens is 431 g/mol. The highest BCUT2D eigenvalue weighted by Gasteiger charge is 2.39. The van der Waals surface area contributed by atoms with Crippen LogP contribution in [0.15, 0.2) is 59.7 Å². The van der Waals surface area contributed by atoms with Crippen molar-refractivity contribution in [2.75, 3.05) is 23.9 Å². The average molecular weight is 450 g/mol. The topological polar surface area (TPSA) is 114 Å². The van der Waals surface area contributed by atoms with E-state index in [1.54, 1.807) is 29.4 Å². The molecule has 0 radical (unpaired) electrons. The number of nitrogens with zero attached hydrogens (tertiary/aromatic N) is 5. The Morgan fingerprint density at radius 1 is 1.36 bits per heavy atom. The quantitative estimate of drug-likeness (QED) is 0.387. The summed E-state index contributed by atoms with van der Waals surface area (Å²) < 4.78 is 19.1. The molecule has 0 unspecified atom stereocenters. The number of halogens is 1. The molecule has 3 aliphatic rings. The molecule has 0 bridgehead atoms. The number of carbonyl (C=O) groups excluding carboxylic acids is 1. The third kappa shape index (κ3) is 3.67. The molecule has 1 aliphatic carbocycles. The maximum atomic E-state index is 14.0. The van der Waals surface area contributed by atoms with Crippen LogP contribution in [-0.2, 0) is 4.79 Å². The fourth-order valence-electron chi connectivity index (χ4n) is 4.07. The number of nitro benzene ring substituents is 1. The number of rotatable bonds is 7. The number of allylic oxidation sites excluding steroid dienone is 2. The number of amides is 1. The Morgan fingerprint density at radius 2 is 2.18 bits per heavy atom. The van der Waals surface area contributed by atoms with Gasteiger partial charge in [-0.3, -0.25) is 19.8 Å². The van der Waals surface area contributed by atoms with Gasteiger partial charge in [0.25, 0.3) is 0 Å². The van der Waals surface area contributed by atoms with Gasteiger partial charge in [-0.25, -0.2) is 4.98 Å². The van der Waals surface area contributed by atoms with Gasteiger partial charge in [0, 0.05) is 31.1 Å². The summed E-state index contributed by atoms with van der Waals surface area (Å²) in [5.74, 6) is 0.272. The fourth-order valence-corrected chi connectivity index (χ4v) is 4.07. The lowest BCUT2D eigenvalue weighted by Gasteiger charge is -2.25. The van der Waals surface area contributed by atoms with Crippen molar-refractivity contribution >= 4 is 29.6 Å². The molecule has 1 aromatic heterocycles. The van der Waals surface area contributed by atoms with Gasteiger partial charge in [0.2, 0.25) is 18.2 Å². The molecule has 10 nitrogen and oxygen atoms in total. The molecule has 5 rings (SSSR count). The maximum Gasteiger partial charge on any atom is 0.307 e. The van der Waals surface area contributed by atoms with E-state index in [0.717, 1.165) is 42.8 Å². The average Bonchev–Trinajstić information content (AvgIpc) is 3.59. The molecule has 3 heterocycles. The summed E-state index contributed by atoms with van der Waals surface area (Å²) in [5.41, 5.74) is 2.42. The second-order valence-corrected chi connectivity index (χ2v) is 7.76. The highest BCUT2D eigenvalue weighted by atomic mass is 19.1. The van der Waals surface area contributed by atoms with E-state index in [4.69, 9.17) is 4.74 Å². The van der Waals surface area contributed by atoms with Crippen molar-refractivity contribution in [3.8, 4) is 5.75 Å². The molecule has 33 heavy (non-hydrogen) atoms.